The second-order valence-electron chi connectivity index (χ2n) is 6.63. The van der Waals surface area contributed by atoms with Crippen molar-refractivity contribution in [3.8, 4) is 0 Å². The van der Waals surface area contributed by atoms with E-state index in [1.54, 1.807) is 21.8 Å². The first kappa shape index (κ1) is 15.5. The predicted octanol–water partition coefficient (Wildman–Crippen LogP) is 2.32. The molecule has 0 aromatic carbocycles. The fourth-order valence-electron chi connectivity index (χ4n) is 3.54. The summed E-state index contributed by atoms with van der Waals surface area (Å²) in [7, 11) is 0. The van der Waals surface area contributed by atoms with Crippen LogP contribution in [0.4, 0.5) is 0 Å². The van der Waals surface area contributed by atoms with Crippen LogP contribution in [0.2, 0.25) is 0 Å². The van der Waals surface area contributed by atoms with E-state index in [9.17, 15) is 4.79 Å². The lowest BCUT2D eigenvalue weighted by atomic mass is 10.2. The van der Waals surface area contributed by atoms with Crippen molar-refractivity contribution in [1.82, 2.24) is 24.1 Å². The first-order valence-electron chi connectivity index (χ1n) is 8.23. The standard InChI is InChI=1S/C17H21N5OS/c1-11-6-12(2)22(19-11)15-4-5-20(10-15)9-14-7-16(23)21-8-13(3)24-17(21)18-14/h6-8,15H,4-5,9-10H2,1-3H3/t15-/m0/s1. The minimum absolute atomic E-state index is 0.00800. The van der Waals surface area contributed by atoms with Crippen LogP contribution in [0.1, 0.15) is 34.4 Å². The van der Waals surface area contributed by atoms with E-state index < -0.39 is 0 Å². The van der Waals surface area contributed by atoms with Crippen LogP contribution in [0.5, 0.6) is 0 Å². The molecule has 0 unspecified atom stereocenters. The van der Waals surface area contributed by atoms with Gasteiger partial charge in [-0.1, -0.05) is 0 Å². The number of aryl methyl sites for hydroxylation is 3. The Bertz CT molecular complexity index is 954. The first-order chi connectivity index (χ1) is 11.5. The Labute approximate surface area is 144 Å². The maximum Gasteiger partial charge on any atom is 0.258 e. The maximum atomic E-state index is 12.2. The van der Waals surface area contributed by atoms with Crippen LogP contribution in [-0.2, 0) is 6.54 Å². The summed E-state index contributed by atoms with van der Waals surface area (Å²) in [6, 6.07) is 4.20. The topological polar surface area (TPSA) is 55.4 Å². The van der Waals surface area contributed by atoms with Crippen LogP contribution in [0.15, 0.2) is 23.1 Å². The Morgan fingerprint density at radius 3 is 2.88 bits per heavy atom. The zero-order chi connectivity index (χ0) is 16.8. The van der Waals surface area contributed by atoms with Gasteiger partial charge in [-0.25, -0.2) is 4.98 Å². The second kappa shape index (κ2) is 5.82. The molecular formula is C17H21N5OS. The Morgan fingerprint density at radius 1 is 1.29 bits per heavy atom. The largest absolute Gasteiger partial charge is 0.295 e. The Balaban J connectivity index is 1.52. The van der Waals surface area contributed by atoms with Crippen molar-refractivity contribution in [2.24, 2.45) is 0 Å². The van der Waals surface area contributed by atoms with Gasteiger partial charge in [-0.3, -0.25) is 18.8 Å². The maximum absolute atomic E-state index is 12.2. The van der Waals surface area contributed by atoms with Crippen molar-refractivity contribution >= 4 is 16.3 Å². The highest BCUT2D eigenvalue weighted by atomic mass is 32.1. The van der Waals surface area contributed by atoms with Gasteiger partial charge in [-0.15, -0.1) is 11.3 Å². The Morgan fingerprint density at radius 2 is 2.12 bits per heavy atom. The van der Waals surface area contributed by atoms with Crippen molar-refractivity contribution in [2.75, 3.05) is 13.1 Å². The monoisotopic (exact) mass is 343 g/mol. The van der Waals surface area contributed by atoms with E-state index in [0.29, 0.717) is 6.04 Å². The average molecular weight is 343 g/mol. The second-order valence-corrected chi connectivity index (χ2v) is 7.84. The third kappa shape index (κ3) is 2.78. The van der Waals surface area contributed by atoms with Gasteiger partial charge in [0.15, 0.2) is 4.96 Å². The van der Waals surface area contributed by atoms with Gasteiger partial charge in [0.2, 0.25) is 0 Å². The number of hydrogen-bond acceptors (Lipinski definition) is 5. The fraction of sp³-hybridized carbons (Fsp3) is 0.471. The van der Waals surface area contributed by atoms with Gasteiger partial charge >= 0.3 is 0 Å². The molecule has 1 fully saturated rings. The van der Waals surface area contributed by atoms with Crippen molar-refractivity contribution in [1.29, 1.82) is 0 Å². The lowest BCUT2D eigenvalue weighted by Crippen LogP contribution is -2.24. The van der Waals surface area contributed by atoms with E-state index in [-0.39, 0.29) is 5.56 Å². The molecule has 1 saturated heterocycles. The molecule has 0 radical (unpaired) electrons. The van der Waals surface area contributed by atoms with E-state index in [4.69, 9.17) is 0 Å². The van der Waals surface area contributed by atoms with Crippen LogP contribution in [0, 0.1) is 20.8 Å². The fourth-order valence-corrected chi connectivity index (χ4v) is 4.39. The zero-order valence-corrected chi connectivity index (χ0v) is 15.0. The third-order valence-corrected chi connectivity index (χ3v) is 5.46. The highest BCUT2D eigenvalue weighted by Gasteiger charge is 2.26. The highest BCUT2D eigenvalue weighted by molar-refractivity contribution is 7.16. The van der Waals surface area contributed by atoms with E-state index in [2.05, 4.69) is 32.7 Å². The lowest BCUT2D eigenvalue weighted by molar-refractivity contribution is 0.307. The molecule has 1 atom stereocenters. The third-order valence-electron chi connectivity index (χ3n) is 4.56. The summed E-state index contributed by atoms with van der Waals surface area (Å²) in [6.07, 6.45) is 2.94. The molecule has 0 spiro atoms. The van der Waals surface area contributed by atoms with Gasteiger partial charge in [0.05, 0.1) is 17.4 Å². The van der Waals surface area contributed by atoms with Crippen molar-refractivity contribution in [3.05, 3.63) is 50.6 Å². The summed E-state index contributed by atoms with van der Waals surface area (Å²) in [6.45, 7) is 8.82. The molecule has 0 N–H and O–H groups in total. The number of fused-ring (bicyclic) bond motifs is 1. The molecule has 24 heavy (non-hydrogen) atoms. The zero-order valence-electron chi connectivity index (χ0n) is 14.2. The van der Waals surface area contributed by atoms with Crippen LogP contribution in [0.25, 0.3) is 4.96 Å². The number of hydrogen-bond donors (Lipinski definition) is 0. The lowest BCUT2D eigenvalue weighted by Gasteiger charge is -2.16. The van der Waals surface area contributed by atoms with E-state index in [0.717, 1.165) is 47.3 Å². The molecule has 6 nitrogen and oxygen atoms in total. The summed E-state index contributed by atoms with van der Waals surface area (Å²) in [4.78, 5) is 21.1. The molecule has 7 heteroatoms. The molecule has 3 aromatic heterocycles. The van der Waals surface area contributed by atoms with E-state index >= 15 is 0 Å². The molecule has 1 aliphatic rings. The summed E-state index contributed by atoms with van der Waals surface area (Å²) < 4.78 is 3.77. The molecule has 4 rings (SSSR count). The van der Waals surface area contributed by atoms with Gasteiger partial charge in [0.25, 0.3) is 5.56 Å². The summed E-state index contributed by atoms with van der Waals surface area (Å²) in [5.74, 6) is 0. The Kier molecular flexibility index (Phi) is 3.77. The smallest absolute Gasteiger partial charge is 0.258 e. The minimum atomic E-state index is 0.00800. The van der Waals surface area contributed by atoms with Crippen molar-refractivity contribution < 1.29 is 0 Å². The van der Waals surface area contributed by atoms with Gasteiger partial charge < -0.3 is 0 Å². The average Bonchev–Trinajstić information content (AvgIpc) is 3.18. The molecule has 126 valence electrons. The Hall–Kier alpha value is -1.99. The molecule has 4 heterocycles. The van der Waals surface area contributed by atoms with Crippen molar-refractivity contribution in [2.45, 2.75) is 39.8 Å². The van der Waals surface area contributed by atoms with Gasteiger partial charge in [-0.05, 0) is 33.3 Å². The molecule has 1 aliphatic heterocycles. The van der Waals surface area contributed by atoms with Crippen LogP contribution in [-0.4, -0.2) is 37.2 Å². The highest BCUT2D eigenvalue weighted by Crippen LogP contribution is 2.24. The van der Waals surface area contributed by atoms with Crippen LogP contribution in [0.3, 0.4) is 0 Å². The van der Waals surface area contributed by atoms with Gasteiger partial charge in [-0.2, -0.15) is 5.10 Å². The number of aromatic nitrogens is 4. The van der Waals surface area contributed by atoms with Crippen molar-refractivity contribution in [3.63, 3.8) is 0 Å². The molecule has 0 aliphatic carbocycles. The molecule has 3 aromatic rings. The van der Waals surface area contributed by atoms with E-state index in [1.807, 2.05) is 20.0 Å². The summed E-state index contributed by atoms with van der Waals surface area (Å²) >= 11 is 1.56. The SMILES string of the molecule is Cc1cc(C)n([C@H]2CCN(Cc3cc(=O)n4cc(C)sc4n3)C2)n1. The quantitative estimate of drug-likeness (QED) is 0.732. The number of nitrogens with zero attached hydrogens (tertiary/aromatic N) is 5. The minimum Gasteiger partial charge on any atom is -0.295 e. The number of rotatable bonds is 3. The van der Waals surface area contributed by atoms with Crippen LogP contribution >= 0.6 is 11.3 Å². The van der Waals surface area contributed by atoms with Crippen LogP contribution < -0.4 is 5.56 Å². The molecule has 0 bridgehead atoms. The van der Waals surface area contributed by atoms with E-state index in [1.165, 1.54) is 5.69 Å². The normalized spacial score (nSPS) is 18.7. The molecular weight excluding hydrogens is 322 g/mol. The molecule has 0 saturated carbocycles. The summed E-state index contributed by atoms with van der Waals surface area (Å²) in [5.41, 5.74) is 3.15. The number of likely N-dealkylation sites (tertiary alicyclic amines) is 1. The predicted molar refractivity (Wildman–Crippen MR) is 94.7 cm³/mol. The van der Waals surface area contributed by atoms with Gasteiger partial charge in [0, 0.05) is 42.5 Å². The first-order valence-corrected chi connectivity index (χ1v) is 9.05. The number of thiazole rings is 1. The molecule has 0 amide bonds. The summed E-state index contributed by atoms with van der Waals surface area (Å²) in [5, 5.41) is 4.61. The van der Waals surface area contributed by atoms with Gasteiger partial charge in [0.1, 0.15) is 0 Å².